The fourth-order valence-corrected chi connectivity index (χ4v) is 1.93. The van der Waals surface area contributed by atoms with E-state index in [0.29, 0.717) is 0 Å². The van der Waals surface area contributed by atoms with Gasteiger partial charge in [0.1, 0.15) is 0 Å². The minimum atomic E-state index is -4.19. The first kappa shape index (κ1) is 12.9. The van der Waals surface area contributed by atoms with Crippen molar-refractivity contribution in [1.29, 1.82) is 0 Å². The molecule has 16 heavy (non-hydrogen) atoms. The van der Waals surface area contributed by atoms with Gasteiger partial charge >= 0.3 is 5.97 Å². The molecule has 1 aromatic rings. The van der Waals surface area contributed by atoms with Gasteiger partial charge in [-0.15, -0.1) is 0 Å². The van der Waals surface area contributed by atoms with E-state index in [1.165, 1.54) is 25.3 Å². The minimum Gasteiger partial charge on any atom is -0.465 e. The number of esters is 1. The summed E-state index contributed by atoms with van der Waals surface area (Å²) >= 11 is 4.95. The van der Waals surface area contributed by atoms with Crippen molar-refractivity contribution in [2.45, 2.75) is 4.90 Å². The van der Waals surface area contributed by atoms with E-state index < -0.39 is 20.0 Å². The second kappa shape index (κ2) is 4.79. The van der Waals surface area contributed by atoms with Crippen molar-refractivity contribution in [3.05, 3.63) is 29.8 Å². The minimum absolute atomic E-state index is 0.0436. The number of benzene rings is 1. The molecule has 0 unspecified atom stereocenters. The second-order valence-corrected chi connectivity index (χ2v) is 5.01. The monoisotopic (exact) mass is 265 g/mol. The molecule has 0 atom stereocenters. The smallest absolute Gasteiger partial charge is 0.337 e. The highest BCUT2D eigenvalue weighted by Gasteiger charge is 2.22. The molecule has 0 radical (unpaired) electrons. The Hall–Kier alpha value is -1.15. The molecular weight excluding hydrogens is 258 g/mol. The highest BCUT2D eigenvalue weighted by molar-refractivity contribution is 7.89. The molecule has 0 aliphatic rings. The quantitative estimate of drug-likeness (QED) is 0.501. The predicted octanol–water partition coefficient (Wildman–Crippen LogP) is 1.01. The van der Waals surface area contributed by atoms with Crippen molar-refractivity contribution < 1.29 is 23.2 Å². The molecule has 0 fully saturated rings. The van der Waals surface area contributed by atoms with Gasteiger partial charge in [-0.25, -0.2) is 13.2 Å². The lowest BCUT2D eigenvalue weighted by Crippen LogP contribution is -2.18. The van der Waals surface area contributed by atoms with Gasteiger partial charge in [-0.05, 0) is 18.2 Å². The summed E-state index contributed by atoms with van der Waals surface area (Å²) < 4.78 is 26.8. The third kappa shape index (κ3) is 2.50. The van der Waals surface area contributed by atoms with E-state index in [4.69, 9.17) is 17.0 Å². The van der Waals surface area contributed by atoms with E-state index in [-0.39, 0.29) is 10.5 Å². The highest BCUT2D eigenvalue weighted by atomic mass is 35.5. The van der Waals surface area contributed by atoms with Crippen LogP contribution in [0, 0.1) is 0 Å². The lowest BCUT2D eigenvalue weighted by atomic mass is 10.2. The first-order valence-corrected chi connectivity index (χ1v) is 5.76. The third-order valence-corrected chi connectivity index (χ3v) is 3.54. The van der Waals surface area contributed by atoms with Crippen LogP contribution in [0.25, 0.3) is 0 Å². The number of rotatable bonds is 3. The van der Waals surface area contributed by atoms with Gasteiger partial charge in [0.05, 0.1) is 17.6 Å². The third-order valence-electron chi connectivity index (χ3n) is 1.75. The van der Waals surface area contributed by atoms with E-state index >= 15 is 0 Å². The summed E-state index contributed by atoms with van der Waals surface area (Å²) in [5.74, 6) is -0.684. The molecule has 0 aromatic heterocycles. The number of carbonyl (C=O) groups is 1. The lowest BCUT2D eigenvalue weighted by Gasteiger charge is -2.07. The van der Waals surface area contributed by atoms with Crippen LogP contribution in [0.15, 0.2) is 29.2 Å². The van der Waals surface area contributed by atoms with Crippen LogP contribution >= 0.6 is 11.8 Å². The molecule has 0 saturated carbocycles. The molecular formula is C8H8ClNO5S. The topological polar surface area (TPSA) is 83.9 Å². The SMILES string of the molecule is COC(=O)c1cccc(S(=O)(=O)N(O)Cl)c1. The summed E-state index contributed by atoms with van der Waals surface area (Å²) in [7, 11) is -3.02. The maximum Gasteiger partial charge on any atom is 0.337 e. The number of ether oxygens (including phenoxy) is 1. The summed E-state index contributed by atoms with van der Waals surface area (Å²) in [6.07, 6.45) is 0. The summed E-state index contributed by atoms with van der Waals surface area (Å²) in [5.41, 5.74) is 0.0436. The zero-order valence-electron chi connectivity index (χ0n) is 8.12. The highest BCUT2D eigenvalue weighted by Crippen LogP contribution is 2.17. The molecule has 8 heteroatoms. The Kier molecular flexibility index (Phi) is 3.87. The van der Waals surface area contributed by atoms with Crippen molar-refractivity contribution in [2.75, 3.05) is 7.11 Å². The maximum atomic E-state index is 11.4. The van der Waals surface area contributed by atoms with Crippen molar-refractivity contribution in [1.82, 2.24) is 3.99 Å². The Morgan fingerprint density at radius 2 is 2.12 bits per heavy atom. The molecule has 88 valence electrons. The Morgan fingerprint density at radius 1 is 1.50 bits per heavy atom. The molecule has 1 aromatic carbocycles. The fraction of sp³-hybridized carbons (Fsp3) is 0.125. The van der Waals surface area contributed by atoms with Crippen LogP contribution in [0.5, 0.6) is 0 Å². The van der Waals surface area contributed by atoms with Crippen LogP contribution in [0.1, 0.15) is 10.4 Å². The molecule has 0 spiro atoms. The molecule has 0 heterocycles. The van der Waals surface area contributed by atoms with Crippen LogP contribution < -0.4 is 0 Å². The molecule has 0 amide bonds. The number of methoxy groups -OCH3 is 1. The molecule has 0 bridgehead atoms. The van der Waals surface area contributed by atoms with Crippen LogP contribution in [-0.4, -0.2) is 30.7 Å². The number of hydrogen-bond acceptors (Lipinski definition) is 5. The Balaban J connectivity index is 3.24. The first-order valence-electron chi connectivity index (χ1n) is 3.98. The Morgan fingerprint density at radius 3 is 2.62 bits per heavy atom. The number of hydrogen-bond donors (Lipinski definition) is 1. The number of nitrogens with zero attached hydrogens (tertiary/aromatic N) is 1. The van der Waals surface area contributed by atoms with Gasteiger partial charge in [0.15, 0.2) is 0 Å². The van der Waals surface area contributed by atoms with Gasteiger partial charge in [0, 0.05) is 15.8 Å². The van der Waals surface area contributed by atoms with Crippen LogP contribution in [0.2, 0.25) is 0 Å². The standard InChI is InChI=1S/C8H8ClNO5S/c1-15-8(11)6-3-2-4-7(5-6)16(13,14)10(9)12/h2-5,12H,1H3. The van der Waals surface area contributed by atoms with E-state index in [1.807, 2.05) is 0 Å². The van der Waals surface area contributed by atoms with Crippen molar-refractivity contribution in [3.8, 4) is 0 Å². The lowest BCUT2D eigenvalue weighted by molar-refractivity contribution is 0.0600. The van der Waals surface area contributed by atoms with Gasteiger partial charge in [0.2, 0.25) is 0 Å². The number of sulfonamides is 1. The maximum absolute atomic E-state index is 11.4. The zero-order chi connectivity index (χ0) is 12.3. The van der Waals surface area contributed by atoms with Gasteiger partial charge in [-0.2, -0.15) is 0 Å². The molecule has 1 rings (SSSR count). The van der Waals surface area contributed by atoms with E-state index in [0.717, 1.165) is 6.07 Å². The number of halogens is 1. The van der Waals surface area contributed by atoms with Crippen LogP contribution in [0.4, 0.5) is 0 Å². The fourth-order valence-electron chi connectivity index (χ4n) is 0.988. The molecule has 0 aliphatic carbocycles. The summed E-state index contributed by atoms with van der Waals surface area (Å²) in [6, 6.07) is 4.94. The average molecular weight is 266 g/mol. The number of carbonyl (C=O) groups excluding carboxylic acids is 1. The van der Waals surface area contributed by atoms with Crippen LogP contribution in [-0.2, 0) is 14.8 Å². The van der Waals surface area contributed by atoms with E-state index in [1.54, 1.807) is 0 Å². The van der Waals surface area contributed by atoms with E-state index in [9.17, 15) is 13.2 Å². The van der Waals surface area contributed by atoms with Crippen LogP contribution in [0.3, 0.4) is 0 Å². The van der Waals surface area contributed by atoms with E-state index in [2.05, 4.69) is 4.74 Å². The second-order valence-electron chi connectivity index (χ2n) is 2.72. The molecule has 0 saturated heterocycles. The Bertz CT molecular complexity index is 499. The van der Waals surface area contributed by atoms with Crippen molar-refractivity contribution >= 4 is 27.8 Å². The van der Waals surface area contributed by atoms with Gasteiger partial charge in [0.25, 0.3) is 10.0 Å². The zero-order valence-corrected chi connectivity index (χ0v) is 9.70. The normalized spacial score (nSPS) is 11.5. The summed E-state index contributed by atoms with van der Waals surface area (Å²) in [4.78, 5) is 10.8. The molecule has 6 nitrogen and oxygen atoms in total. The summed E-state index contributed by atoms with van der Waals surface area (Å²) in [5, 5.41) is 8.71. The Labute approximate surface area is 97.1 Å². The molecule has 0 aliphatic heterocycles. The predicted molar refractivity (Wildman–Crippen MR) is 54.4 cm³/mol. The van der Waals surface area contributed by atoms with Gasteiger partial charge in [-0.1, -0.05) is 6.07 Å². The van der Waals surface area contributed by atoms with Crippen molar-refractivity contribution in [3.63, 3.8) is 0 Å². The average Bonchev–Trinajstić information content (AvgIpc) is 2.28. The van der Waals surface area contributed by atoms with Gasteiger partial charge < -0.3 is 4.74 Å². The van der Waals surface area contributed by atoms with Crippen molar-refractivity contribution in [2.24, 2.45) is 0 Å². The van der Waals surface area contributed by atoms with Gasteiger partial charge in [-0.3, -0.25) is 5.21 Å². The largest absolute Gasteiger partial charge is 0.465 e. The first-order chi connectivity index (χ1) is 7.39. The molecule has 1 N–H and O–H groups in total. The summed E-state index contributed by atoms with van der Waals surface area (Å²) in [6.45, 7) is 0.